The third-order valence-electron chi connectivity index (χ3n) is 3.47. The molecule has 0 saturated heterocycles. The Morgan fingerprint density at radius 3 is 2.64 bits per heavy atom. The minimum atomic E-state index is -0.342. The number of phenols is 1. The van der Waals surface area contributed by atoms with Crippen molar-refractivity contribution in [3.8, 4) is 11.5 Å². The number of benzene rings is 1. The lowest BCUT2D eigenvalue weighted by Gasteiger charge is -2.11. The highest BCUT2D eigenvalue weighted by Crippen LogP contribution is 2.33. The summed E-state index contributed by atoms with van der Waals surface area (Å²) in [5.74, 6) is 0.221. The van der Waals surface area contributed by atoms with E-state index in [0.717, 1.165) is 30.4 Å². The number of unbranched alkanes of at least 4 members (excludes halogenated alkanes) is 3. The highest BCUT2D eigenvalue weighted by atomic mass is 16.5. The summed E-state index contributed by atoms with van der Waals surface area (Å²) in [4.78, 5) is 11.7. The number of rotatable bonds is 9. The fraction of sp³-hybridized carbons (Fsp3) is 0.500. The van der Waals surface area contributed by atoms with E-state index in [-0.39, 0.29) is 11.7 Å². The van der Waals surface area contributed by atoms with E-state index in [2.05, 4.69) is 6.92 Å². The lowest BCUT2D eigenvalue weighted by atomic mass is 10.0. The summed E-state index contributed by atoms with van der Waals surface area (Å²) in [6, 6.07) is 3.33. The van der Waals surface area contributed by atoms with Crippen molar-refractivity contribution in [2.45, 2.75) is 46.0 Å². The van der Waals surface area contributed by atoms with Crippen LogP contribution in [0.2, 0.25) is 0 Å². The Morgan fingerprint density at radius 2 is 2.00 bits per heavy atom. The average molecular weight is 306 g/mol. The van der Waals surface area contributed by atoms with Crippen molar-refractivity contribution < 1.29 is 19.4 Å². The Kier molecular flexibility index (Phi) is 8.11. The molecule has 0 fully saturated rings. The van der Waals surface area contributed by atoms with Gasteiger partial charge in [-0.3, -0.25) is 0 Å². The third kappa shape index (κ3) is 5.43. The van der Waals surface area contributed by atoms with E-state index in [0.29, 0.717) is 18.8 Å². The zero-order valence-corrected chi connectivity index (χ0v) is 13.7. The molecule has 22 heavy (non-hydrogen) atoms. The van der Waals surface area contributed by atoms with Crippen LogP contribution in [0.25, 0.3) is 6.08 Å². The fourth-order valence-corrected chi connectivity index (χ4v) is 2.29. The van der Waals surface area contributed by atoms with Gasteiger partial charge in [-0.2, -0.15) is 0 Å². The number of phenolic OH excluding ortho intramolecular Hbond substituents is 1. The molecule has 0 aliphatic rings. The zero-order valence-electron chi connectivity index (χ0n) is 13.7. The number of hydrogen-bond donors (Lipinski definition) is 1. The number of aromatic hydroxyl groups is 1. The van der Waals surface area contributed by atoms with E-state index in [9.17, 15) is 9.90 Å². The zero-order chi connectivity index (χ0) is 16.4. The van der Waals surface area contributed by atoms with Crippen LogP contribution < -0.4 is 4.74 Å². The van der Waals surface area contributed by atoms with Crippen LogP contribution >= 0.6 is 0 Å². The van der Waals surface area contributed by atoms with Gasteiger partial charge >= 0.3 is 5.97 Å². The van der Waals surface area contributed by atoms with Gasteiger partial charge in [0.25, 0.3) is 0 Å². The predicted molar refractivity (Wildman–Crippen MR) is 88.2 cm³/mol. The summed E-state index contributed by atoms with van der Waals surface area (Å²) >= 11 is 0. The Labute approximate surface area is 132 Å². The normalized spacial score (nSPS) is 10.9. The van der Waals surface area contributed by atoms with Crippen molar-refractivity contribution in [1.82, 2.24) is 0 Å². The number of carbonyl (C=O) groups is 1. The molecule has 0 amide bonds. The molecule has 0 unspecified atom stereocenters. The number of methoxy groups -OCH3 is 1. The Hall–Kier alpha value is -1.97. The highest BCUT2D eigenvalue weighted by molar-refractivity contribution is 5.87. The maximum Gasteiger partial charge on any atom is 0.330 e. The molecule has 0 saturated carbocycles. The van der Waals surface area contributed by atoms with Crippen molar-refractivity contribution in [3.05, 3.63) is 29.3 Å². The van der Waals surface area contributed by atoms with Gasteiger partial charge < -0.3 is 14.6 Å². The molecule has 122 valence electrons. The molecule has 0 radical (unpaired) electrons. The molecule has 1 rings (SSSR count). The summed E-state index contributed by atoms with van der Waals surface area (Å²) in [6.07, 6.45) is 8.14. The monoisotopic (exact) mass is 306 g/mol. The molecule has 1 aromatic rings. The summed E-state index contributed by atoms with van der Waals surface area (Å²) < 4.78 is 10.4. The third-order valence-corrected chi connectivity index (χ3v) is 3.47. The van der Waals surface area contributed by atoms with Gasteiger partial charge in [0.15, 0.2) is 11.5 Å². The lowest BCUT2D eigenvalue weighted by Crippen LogP contribution is -2.02. The molecule has 0 bridgehead atoms. The second-order valence-electron chi connectivity index (χ2n) is 5.10. The van der Waals surface area contributed by atoms with Crippen molar-refractivity contribution in [1.29, 1.82) is 0 Å². The first-order valence-corrected chi connectivity index (χ1v) is 7.87. The van der Waals surface area contributed by atoms with Crippen LogP contribution in [0, 0.1) is 0 Å². The van der Waals surface area contributed by atoms with Gasteiger partial charge in [0.1, 0.15) is 0 Å². The molecule has 0 aliphatic heterocycles. The van der Waals surface area contributed by atoms with Crippen LogP contribution in [0.15, 0.2) is 18.2 Å². The first-order valence-electron chi connectivity index (χ1n) is 7.87. The van der Waals surface area contributed by atoms with Crippen LogP contribution in [0.4, 0.5) is 0 Å². The molecule has 0 atom stereocenters. The summed E-state index contributed by atoms with van der Waals surface area (Å²) in [6.45, 7) is 4.58. The first-order chi connectivity index (χ1) is 10.6. The molecule has 0 aromatic heterocycles. The topological polar surface area (TPSA) is 55.8 Å². The molecule has 4 nitrogen and oxygen atoms in total. The van der Waals surface area contributed by atoms with Crippen LogP contribution in [-0.4, -0.2) is 24.8 Å². The van der Waals surface area contributed by atoms with Gasteiger partial charge in [-0.05, 0) is 30.5 Å². The van der Waals surface area contributed by atoms with Gasteiger partial charge in [0, 0.05) is 11.6 Å². The van der Waals surface area contributed by atoms with Crippen molar-refractivity contribution in [2.24, 2.45) is 0 Å². The second kappa shape index (κ2) is 9.87. The van der Waals surface area contributed by atoms with Gasteiger partial charge in [-0.25, -0.2) is 4.79 Å². The van der Waals surface area contributed by atoms with Crippen molar-refractivity contribution in [2.75, 3.05) is 13.7 Å². The summed E-state index contributed by atoms with van der Waals surface area (Å²) in [5.41, 5.74) is 1.72. The SMILES string of the molecule is CCCCCCOC(=O)C=Cc1ccc(O)c(OC)c1CC. The second-order valence-corrected chi connectivity index (χ2v) is 5.10. The molecule has 1 aromatic carbocycles. The standard InChI is InChI=1S/C18H26O4/c1-4-6-7-8-13-22-17(20)12-10-14-9-11-16(19)18(21-3)15(14)5-2/h9-12,19H,4-8,13H2,1-3H3. The summed E-state index contributed by atoms with van der Waals surface area (Å²) in [5, 5.41) is 9.77. The first kappa shape index (κ1) is 18.1. The van der Waals surface area contributed by atoms with Crippen LogP contribution in [-0.2, 0) is 16.0 Å². The molecule has 0 heterocycles. The van der Waals surface area contributed by atoms with Crippen molar-refractivity contribution >= 4 is 12.0 Å². The minimum Gasteiger partial charge on any atom is -0.504 e. The number of carbonyl (C=O) groups excluding carboxylic acids is 1. The number of hydrogen-bond acceptors (Lipinski definition) is 4. The predicted octanol–water partition coefficient (Wildman–Crippen LogP) is 4.10. The van der Waals surface area contributed by atoms with Gasteiger partial charge in [0.05, 0.1) is 13.7 Å². The largest absolute Gasteiger partial charge is 0.504 e. The van der Waals surface area contributed by atoms with Crippen LogP contribution in [0.1, 0.15) is 50.7 Å². The van der Waals surface area contributed by atoms with Crippen LogP contribution in [0.3, 0.4) is 0 Å². The number of esters is 1. The fourth-order valence-electron chi connectivity index (χ4n) is 2.29. The van der Waals surface area contributed by atoms with Gasteiger partial charge in [0.2, 0.25) is 0 Å². The van der Waals surface area contributed by atoms with Crippen LogP contribution in [0.5, 0.6) is 11.5 Å². The van der Waals surface area contributed by atoms with Crippen molar-refractivity contribution in [3.63, 3.8) is 0 Å². The highest BCUT2D eigenvalue weighted by Gasteiger charge is 2.10. The Morgan fingerprint density at radius 1 is 1.23 bits per heavy atom. The minimum absolute atomic E-state index is 0.106. The number of ether oxygens (including phenoxy) is 2. The molecule has 0 spiro atoms. The summed E-state index contributed by atoms with van der Waals surface area (Å²) in [7, 11) is 1.52. The van der Waals surface area contributed by atoms with E-state index in [1.54, 1.807) is 18.2 Å². The lowest BCUT2D eigenvalue weighted by molar-refractivity contribution is -0.137. The van der Waals surface area contributed by atoms with Gasteiger partial charge in [-0.15, -0.1) is 0 Å². The van der Waals surface area contributed by atoms with Gasteiger partial charge in [-0.1, -0.05) is 39.2 Å². The Balaban J connectivity index is 2.64. The molecule has 1 N–H and O–H groups in total. The van der Waals surface area contributed by atoms with E-state index >= 15 is 0 Å². The smallest absolute Gasteiger partial charge is 0.330 e. The maximum absolute atomic E-state index is 11.7. The Bertz CT molecular complexity index is 506. The maximum atomic E-state index is 11.7. The van der Waals surface area contributed by atoms with E-state index in [1.807, 2.05) is 6.92 Å². The van der Waals surface area contributed by atoms with E-state index in [4.69, 9.17) is 9.47 Å². The van der Waals surface area contributed by atoms with E-state index < -0.39 is 0 Å². The van der Waals surface area contributed by atoms with E-state index in [1.165, 1.54) is 19.6 Å². The molecule has 4 heteroatoms. The molecular formula is C18H26O4. The molecular weight excluding hydrogens is 280 g/mol. The quantitative estimate of drug-likeness (QED) is 0.424. The molecule has 0 aliphatic carbocycles. The average Bonchev–Trinajstić information content (AvgIpc) is 2.52.